The van der Waals surface area contributed by atoms with Crippen LogP contribution in [-0.2, 0) is 19.1 Å². The van der Waals surface area contributed by atoms with Crippen molar-refractivity contribution in [2.45, 2.75) is 124 Å². The molecule has 3 saturated carbocycles. The summed E-state index contributed by atoms with van der Waals surface area (Å²) in [7, 11) is 0. The van der Waals surface area contributed by atoms with E-state index in [-0.39, 0.29) is 36.2 Å². The predicted molar refractivity (Wildman–Crippen MR) is 172 cm³/mol. The van der Waals surface area contributed by atoms with Gasteiger partial charge in [-0.2, -0.15) is 0 Å². The van der Waals surface area contributed by atoms with Crippen LogP contribution in [0.5, 0.6) is 0 Å². The fourth-order valence-electron chi connectivity index (χ4n) is 10.5. The van der Waals surface area contributed by atoms with Crippen molar-refractivity contribution in [3.05, 3.63) is 11.6 Å². The van der Waals surface area contributed by atoms with E-state index in [1.54, 1.807) is 5.57 Å². The van der Waals surface area contributed by atoms with Gasteiger partial charge < -0.3 is 14.8 Å². The van der Waals surface area contributed by atoms with Crippen molar-refractivity contribution in [1.29, 1.82) is 0 Å². The Morgan fingerprint density at radius 1 is 1.02 bits per heavy atom. The van der Waals surface area contributed by atoms with Crippen molar-refractivity contribution in [3.63, 3.8) is 0 Å². The fourth-order valence-corrected chi connectivity index (χ4v) is 10.5. The smallest absolute Gasteiger partial charge is 0.306 e. The Kier molecular flexibility index (Phi) is 11.0. The van der Waals surface area contributed by atoms with Gasteiger partial charge in [-0.1, -0.05) is 65.5 Å². The van der Waals surface area contributed by atoms with Gasteiger partial charge in [-0.3, -0.25) is 14.5 Å². The number of carbonyl (C=O) groups excluding carboxylic acids is 2. The lowest BCUT2D eigenvalue weighted by Crippen LogP contribution is -2.51. The highest BCUT2D eigenvalue weighted by molar-refractivity contribution is 5.81. The maximum absolute atomic E-state index is 12.7. The molecule has 0 bridgehead atoms. The average molecular weight is 599 g/mol. The zero-order chi connectivity index (χ0) is 30.6. The Labute approximate surface area is 262 Å². The van der Waals surface area contributed by atoms with Gasteiger partial charge in [0.1, 0.15) is 6.10 Å². The number of ether oxygens (including phenoxy) is 2. The second-order valence-corrected chi connectivity index (χ2v) is 15.9. The highest BCUT2D eigenvalue weighted by atomic mass is 16.5. The molecule has 244 valence electrons. The second kappa shape index (κ2) is 14.4. The number of hydrogen-bond donors (Lipinski definition) is 1. The van der Waals surface area contributed by atoms with E-state index < -0.39 is 0 Å². The second-order valence-electron chi connectivity index (χ2n) is 15.9. The zero-order valence-electron chi connectivity index (χ0n) is 28.1. The molecule has 1 N–H and O–H groups in total. The van der Waals surface area contributed by atoms with Crippen LogP contribution in [0.15, 0.2) is 11.6 Å². The van der Waals surface area contributed by atoms with Gasteiger partial charge in [0.25, 0.3) is 0 Å². The Morgan fingerprint density at radius 2 is 1.81 bits per heavy atom. The lowest BCUT2D eigenvalue weighted by atomic mass is 9.47. The molecule has 1 aliphatic heterocycles. The van der Waals surface area contributed by atoms with E-state index in [0.29, 0.717) is 12.0 Å². The molecule has 0 aromatic heterocycles. The van der Waals surface area contributed by atoms with Crippen LogP contribution in [0.2, 0.25) is 0 Å². The van der Waals surface area contributed by atoms with E-state index in [2.05, 4.69) is 50.9 Å². The number of carbonyl (C=O) groups is 2. The van der Waals surface area contributed by atoms with E-state index in [1.165, 1.54) is 51.4 Å². The number of morpholine rings is 1. The SMILES string of the molecule is CC(C)CCC[C@@H](C)[C@H]1CC[C@H]2[C@@H]3CC=C4C[C@@H](OC(=O)CCC(=O)NCCN5CCOCC5)CC[C@]4(C)[C@H]3CC[C@]12C. The largest absolute Gasteiger partial charge is 0.462 e. The van der Waals surface area contributed by atoms with Crippen LogP contribution < -0.4 is 5.32 Å². The van der Waals surface area contributed by atoms with E-state index in [0.717, 1.165) is 87.6 Å². The summed E-state index contributed by atoms with van der Waals surface area (Å²) in [5, 5.41) is 2.96. The molecule has 0 spiro atoms. The number of hydrogen-bond acceptors (Lipinski definition) is 5. The molecular formula is C37H62N2O4. The van der Waals surface area contributed by atoms with Gasteiger partial charge in [0, 0.05) is 39.0 Å². The first-order chi connectivity index (χ1) is 20.6. The van der Waals surface area contributed by atoms with Crippen LogP contribution in [0, 0.1) is 46.3 Å². The molecule has 6 nitrogen and oxygen atoms in total. The van der Waals surface area contributed by atoms with Crippen LogP contribution >= 0.6 is 0 Å². The van der Waals surface area contributed by atoms with E-state index >= 15 is 0 Å². The van der Waals surface area contributed by atoms with Gasteiger partial charge >= 0.3 is 5.97 Å². The number of rotatable bonds is 12. The molecule has 1 saturated heterocycles. The van der Waals surface area contributed by atoms with Crippen molar-refractivity contribution in [1.82, 2.24) is 10.2 Å². The van der Waals surface area contributed by atoms with Crippen molar-refractivity contribution in [2.75, 3.05) is 39.4 Å². The quantitative estimate of drug-likeness (QED) is 0.191. The third-order valence-electron chi connectivity index (χ3n) is 13.0. The minimum Gasteiger partial charge on any atom is -0.462 e. The molecule has 4 fully saturated rings. The number of esters is 1. The Balaban J connectivity index is 1.09. The highest BCUT2D eigenvalue weighted by Gasteiger charge is 2.59. The first-order valence-electron chi connectivity index (χ1n) is 18.1. The Bertz CT molecular complexity index is 989. The topological polar surface area (TPSA) is 67.9 Å². The van der Waals surface area contributed by atoms with Gasteiger partial charge in [0.15, 0.2) is 0 Å². The molecule has 4 aliphatic carbocycles. The summed E-state index contributed by atoms with van der Waals surface area (Å²) in [4.78, 5) is 27.3. The van der Waals surface area contributed by atoms with Crippen molar-refractivity contribution >= 4 is 11.9 Å². The van der Waals surface area contributed by atoms with Crippen LogP contribution in [0.3, 0.4) is 0 Å². The van der Waals surface area contributed by atoms with Crippen molar-refractivity contribution < 1.29 is 19.1 Å². The zero-order valence-corrected chi connectivity index (χ0v) is 28.1. The summed E-state index contributed by atoms with van der Waals surface area (Å²) in [6, 6.07) is 0. The first kappa shape index (κ1) is 33.0. The third kappa shape index (κ3) is 7.54. The molecule has 0 radical (unpaired) electrons. The van der Waals surface area contributed by atoms with Crippen molar-refractivity contribution in [2.24, 2.45) is 46.3 Å². The molecule has 6 heteroatoms. The maximum atomic E-state index is 12.7. The maximum Gasteiger partial charge on any atom is 0.306 e. The summed E-state index contributed by atoms with van der Waals surface area (Å²) >= 11 is 0. The summed E-state index contributed by atoms with van der Waals surface area (Å²) in [5.41, 5.74) is 2.33. The van der Waals surface area contributed by atoms with E-state index in [1.807, 2.05) is 0 Å². The lowest BCUT2D eigenvalue weighted by Gasteiger charge is -2.58. The predicted octanol–water partition coefficient (Wildman–Crippen LogP) is 7.17. The number of fused-ring (bicyclic) bond motifs is 5. The summed E-state index contributed by atoms with van der Waals surface area (Å²) in [6.45, 7) is 17.3. The third-order valence-corrected chi connectivity index (χ3v) is 13.0. The number of nitrogens with one attached hydrogen (secondary N) is 1. The molecule has 0 aromatic carbocycles. The number of allylic oxidation sites excluding steroid dienone is 1. The van der Waals surface area contributed by atoms with Gasteiger partial charge in [0.05, 0.1) is 19.6 Å². The molecule has 1 heterocycles. The van der Waals surface area contributed by atoms with Crippen LogP contribution in [-0.4, -0.2) is 62.3 Å². The monoisotopic (exact) mass is 598 g/mol. The lowest BCUT2D eigenvalue weighted by molar-refractivity contribution is -0.152. The molecule has 0 unspecified atom stereocenters. The summed E-state index contributed by atoms with van der Waals surface area (Å²) in [6.07, 6.45) is 16.9. The molecule has 0 aromatic rings. The number of nitrogens with zero attached hydrogens (tertiary/aromatic N) is 1. The van der Waals surface area contributed by atoms with Gasteiger partial charge in [-0.25, -0.2) is 0 Å². The Hall–Kier alpha value is -1.40. The molecule has 5 aliphatic rings. The molecule has 1 amide bonds. The van der Waals surface area contributed by atoms with Crippen LogP contribution in [0.1, 0.15) is 118 Å². The van der Waals surface area contributed by atoms with E-state index in [4.69, 9.17) is 9.47 Å². The normalized spacial score (nSPS) is 36.7. The van der Waals surface area contributed by atoms with E-state index in [9.17, 15) is 9.59 Å². The standard InChI is InChI=1S/C37H62N2O4/c1-26(2)7-6-8-27(3)31-11-12-32-30-10-9-28-25-29(15-17-36(28,4)33(30)16-18-37(31,32)5)43-35(41)14-13-34(40)38-19-20-39-21-23-42-24-22-39/h9,26-27,29-33H,6-8,10-25H2,1-5H3,(H,38,40)/t27-,29+,30+,31-,32+,33+,36+,37-/m1/s1. The summed E-state index contributed by atoms with van der Waals surface area (Å²) in [5.74, 6) is 4.74. The fraction of sp³-hybridized carbons (Fsp3) is 0.892. The number of amides is 1. The summed E-state index contributed by atoms with van der Waals surface area (Å²) < 4.78 is 11.3. The molecule has 8 atom stereocenters. The average Bonchev–Trinajstić information content (AvgIpc) is 3.34. The minimum absolute atomic E-state index is 0.0378. The van der Waals surface area contributed by atoms with Crippen LogP contribution in [0.4, 0.5) is 0 Å². The highest BCUT2D eigenvalue weighted by Crippen LogP contribution is 2.67. The van der Waals surface area contributed by atoms with Gasteiger partial charge in [0.2, 0.25) is 5.91 Å². The Morgan fingerprint density at radius 3 is 2.58 bits per heavy atom. The van der Waals surface area contributed by atoms with Gasteiger partial charge in [-0.05, 0) is 91.3 Å². The molecule has 5 rings (SSSR count). The molecule has 43 heavy (non-hydrogen) atoms. The van der Waals surface area contributed by atoms with Gasteiger partial charge in [-0.15, -0.1) is 0 Å². The minimum atomic E-state index is -0.223. The molecular weight excluding hydrogens is 536 g/mol. The first-order valence-corrected chi connectivity index (χ1v) is 18.1. The van der Waals surface area contributed by atoms with Crippen LogP contribution in [0.25, 0.3) is 0 Å². The van der Waals surface area contributed by atoms with Crippen molar-refractivity contribution in [3.8, 4) is 0 Å².